The van der Waals surface area contributed by atoms with Crippen LogP contribution in [0.5, 0.6) is 0 Å². The number of amides is 1. The zero-order valence-corrected chi connectivity index (χ0v) is 55.5. The lowest BCUT2D eigenvalue weighted by Crippen LogP contribution is -2.60. The summed E-state index contributed by atoms with van der Waals surface area (Å²) in [6, 6.07) is -0.839. The predicted molar refractivity (Wildman–Crippen MR) is 373 cm³/mol. The fourth-order valence-electron chi connectivity index (χ4n) is 10.4. The van der Waals surface area contributed by atoms with E-state index in [1.807, 2.05) is 6.08 Å². The van der Waals surface area contributed by atoms with Crippen LogP contribution in [0.15, 0.2) is 146 Å². The molecule has 0 radical (unpaired) electrons. The molecule has 1 amide bonds. The Bertz CT molecular complexity index is 1890. The fraction of sp³-hybridized carbons (Fsp3) is 0.679. The Labute approximate surface area is 533 Å². The number of nitrogens with one attached hydrogen (secondary N) is 1. The number of carbonyl (C=O) groups is 1. The highest BCUT2D eigenvalue weighted by Gasteiger charge is 2.44. The highest BCUT2D eigenvalue weighted by Crippen LogP contribution is 2.23. The van der Waals surface area contributed by atoms with Crippen molar-refractivity contribution in [1.82, 2.24) is 5.32 Å². The summed E-state index contributed by atoms with van der Waals surface area (Å²) in [6.45, 7) is 3.65. The lowest BCUT2D eigenvalue weighted by Gasteiger charge is -2.40. The molecule has 1 fully saturated rings. The van der Waals surface area contributed by atoms with E-state index in [1.165, 1.54) is 154 Å². The number of rotatable bonds is 60. The first-order valence-electron chi connectivity index (χ1n) is 35.6. The van der Waals surface area contributed by atoms with Gasteiger partial charge in [0.25, 0.3) is 0 Å². The Kier molecular flexibility index (Phi) is 60.6. The molecule has 496 valence electrons. The highest BCUT2D eigenvalue weighted by molar-refractivity contribution is 5.76. The van der Waals surface area contributed by atoms with Crippen LogP contribution >= 0.6 is 0 Å². The van der Waals surface area contributed by atoms with E-state index in [4.69, 9.17) is 9.47 Å². The summed E-state index contributed by atoms with van der Waals surface area (Å²) in [4.78, 5) is 13.1. The van der Waals surface area contributed by atoms with Gasteiger partial charge in [-0.25, -0.2) is 0 Å². The molecule has 7 unspecified atom stereocenters. The average Bonchev–Trinajstić information content (AvgIpc) is 3.47. The molecule has 0 aromatic carbocycles. The number of unbranched alkanes of at least 4 members (excludes halogenated alkanes) is 28. The summed E-state index contributed by atoms with van der Waals surface area (Å²) in [5, 5.41) is 54.7. The summed E-state index contributed by atoms with van der Waals surface area (Å²) in [5.74, 6) is -0.196. The molecule has 1 saturated heterocycles. The van der Waals surface area contributed by atoms with Gasteiger partial charge in [-0.05, 0) is 116 Å². The first-order valence-corrected chi connectivity index (χ1v) is 35.6. The van der Waals surface area contributed by atoms with Gasteiger partial charge in [0.15, 0.2) is 6.29 Å². The summed E-state index contributed by atoms with van der Waals surface area (Å²) < 4.78 is 11.3. The molecular weight excluding hydrogens is 1080 g/mol. The van der Waals surface area contributed by atoms with Gasteiger partial charge in [-0.15, -0.1) is 0 Å². The van der Waals surface area contributed by atoms with Crippen molar-refractivity contribution in [2.75, 3.05) is 13.2 Å². The van der Waals surface area contributed by atoms with Crippen LogP contribution in [0, 0.1) is 0 Å². The number of carbonyl (C=O) groups excluding carboxylic acids is 1. The maximum absolute atomic E-state index is 13.1. The minimum absolute atomic E-state index is 0.196. The lowest BCUT2D eigenvalue weighted by molar-refractivity contribution is -0.302. The van der Waals surface area contributed by atoms with Crippen LogP contribution in [-0.2, 0) is 14.3 Å². The fourth-order valence-corrected chi connectivity index (χ4v) is 10.4. The minimum atomic E-state index is -1.58. The van der Waals surface area contributed by atoms with Crippen LogP contribution in [0.2, 0.25) is 0 Å². The predicted octanol–water partition coefficient (Wildman–Crippen LogP) is 19.7. The van der Waals surface area contributed by atoms with E-state index in [0.717, 1.165) is 109 Å². The van der Waals surface area contributed by atoms with Crippen molar-refractivity contribution in [3.63, 3.8) is 0 Å². The van der Waals surface area contributed by atoms with E-state index >= 15 is 0 Å². The quantitative estimate of drug-likeness (QED) is 0.0261. The van der Waals surface area contributed by atoms with Crippen molar-refractivity contribution in [3.05, 3.63) is 146 Å². The zero-order chi connectivity index (χ0) is 62.8. The van der Waals surface area contributed by atoms with Gasteiger partial charge in [0.1, 0.15) is 24.4 Å². The Hall–Kier alpha value is -3.93. The Morgan fingerprint density at radius 1 is 0.402 bits per heavy atom. The van der Waals surface area contributed by atoms with E-state index in [2.05, 4.69) is 153 Å². The number of ether oxygens (including phenoxy) is 2. The summed E-state index contributed by atoms with van der Waals surface area (Å²) in [6.07, 6.45) is 93.8. The van der Waals surface area contributed by atoms with Crippen LogP contribution < -0.4 is 5.32 Å². The summed E-state index contributed by atoms with van der Waals surface area (Å²) >= 11 is 0. The van der Waals surface area contributed by atoms with Crippen LogP contribution in [-0.4, -0.2) is 87.5 Å². The summed E-state index contributed by atoms with van der Waals surface area (Å²) in [7, 11) is 0. The molecule has 9 heteroatoms. The zero-order valence-electron chi connectivity index (χ0n) is 55.5. The molecule has 6 N–H and O–H groups in total. The van der Waals surface area contributed by atoms with Gasteiger partial charge in [0.05, 0.1) is 25.4 Å². The van der Waals surface area contributed by atoms with E-state index in [0.29, 0.717) is 6.42 Å². The second-order valence-electron chi connectivity index (χ2n) is 23.9. The molecule has 0 aromatic rings. The lowest BCUT2D eigenvalue weighted by atomic mass is 9.99. The van der Waals surface area contributed by atoms with Crippen molar-refractivity contribution >= 4 is 5.91 Å². The maximum atomic E-state index is 13.1. The molecule has 0 saturated carbocycles. The van der Waals surface area contributed by atoms with E-state index in [1.54, 1.807) is 6.08 Å². The van der Waals surface area contributed by atoms with Crippen molar-refractivity contribution in [2.45, 2.75) is 326 Å². The molecule has 0 aliphatic carbocycles. The third-order valence-electron chi connectivity index (χ3n) is 15.9. The first-order chi connectivity index (χ1) is 42.8. The standard InChI is InChI=1S/C78H131NO8/c1-3-5-7-9-11-13-15-17-19-21-23-25-27-28-29-30-31-32-33-34-35-36-37-38-39-40-41-42-43-44-46-48-50-52-54-56-58-60-62-64-66-68-74(82)79-71(70-86-78-77(85)76(84)75(83)73(69-80)87-78)72(81)67-65-63-61-59-57-55-53-51-49-47-45-26-24-22-20-18-16-14-12-10-8-6-4-2/h5,7,11,13,17,19,23,25,28-29,31-32,34-35,37-38,40-41,49,51,57,59,65,67,71-73,75-78,80-81,83-85H,3-4,6,8-10,12,14-16,18,20-22,24,26-27,30,33,36,39,42-48,50,52-56,58,60-64,66,68-70H2,1-2H3,(H,79,82)/b7-5-,13-11-,19-17-,25-23-,29-28-,32-31-,35-34-,38-37-,41-40-,51-49+,59-57+,67-65+. The molecule has 1 aliphatic heterocycles. The molecule has 1 aliphatic rings. The molecule has 1 heterocycles. The molecule has 0 spiro atoms. The van der Waals surface area contributed by atoms with Crippen molar-refractivity contribution in [2.24, 2.45) is 0 Å². The topological polar surface area (TPSA) is 149 Å². The average molecular weight is 1210 g/mol. The Balaban J connectivity index is 2.15. The second-order valence-corrected chi connectivity index (χ2v) is 23.9. The normalized spacial score (nSPS) is 18.9. The van der Waals surface area contributed by atoms with Crippen LogP contribution in [0.4, 0.5) is 0 Å². The van der Waals surface area contributed by atoms with Gasteiger partial charge in [-0.1, -0.05) is 307 Å². The van der Waals surface area contributed by atoms with Crippen LogP contribution in [0.3, 0.4) is 0 Å². The molecule has 87 heavy (non-hydrogen) atoms. The molecular formula is C78H131NO8. The van der Waals surface area contributed by atoms with Crippen LogP contribution in [0.25, 0.3) is 0 Å². The monoisotopic (exact) mass is 1210 g/mol. The van der Waals surface area contributed by atoms with Crippen LogP contribution in [0.1, 0.15) is 284 Å². The number of aliphatic hydroxyl groups is 5. The van der Waals surface area contributed by atoms with Gasteiger partial charge in [0.2, 0.25) is 5.91 Å². The van der Waals surface area contributed by atoms with Gasteiger partial charge < -0.3 is 40.3 Å². The summed E-state index contributed by atoms with van der Waals surface area (Å²) in [5.41, 5.74) is 0. The molecule has 0 aromatic heterocycles. The first kappa shape index (κ1) is 81.1. The molecule has 0 bridgehead atoms. The Morgan fingerprint density at radius 2 is 0.724 bits per heavy atom. The van der Waals surface area contributed by atoms with Crippen molar-refractivity contribution in [1.29, 1.82) is 0 Å². The van der Waals surface area contributed by atoms with Crippen molar-refractivity contribution in [3.8, 4) is 0 Å². The third-order valence-corrected chi connectivity index (χ3v) is 15.9. The number of aliphatic hydroxyl groups excluding tert-OH is 5. The molecule has 9 nitrogen and oxygen atoms in total. The maximum Gasteiger partial charge on any atom is 0.220 e. The highest BCUT2D eigenvalue weighted by atomic mass is 16.7. The van der Waals surface area contributed by atoms with Gasteiger partial charge >= 0.3 is 0 Å². The largest absolute Gasteiger partial charge is 0.394 e. The SMILES string of the molecule is CC/C=C\C/C=C\C/C=C\C/C=C\C/C=C\C/C=C\C/C=C\C/C=C\C/C=C\CCCCCCCCCCCCCCCC(=O)NC(COC1OC(CO)C(O)C(O)C1O)C(O)/C=C/CC/C=C/CC/C=C/CCCCCCCCCCCCCCC. The van der Waals surface area contributed by atoms with Crippen molar-refractivity contribution < 1.29 is 39.8 Å². The number of hydrogen-bond donors (Lipinski definition) is 6. The number of hydrogen-bond acceptors (Lipinski definition) is 8. The molecule has 7 atom stereocenters. The van der Waals surface area contributed by atoms with E-state index < -0.39 is 49.5 Å². The van der Waals surface area contributed by atoms with E-state index in [-0.39, 0.29) is 12.5 Å². The second kappa shape index (κ2) is 65.0. The number of allylic oxidation sites excluding steroid dienone is 23. The molecule has 1 rings (SSSR count). The van der Waals surface area contributed by atoms with E-state index in [9.17, 15) is 30.3 Å². The Morgan fingerprint density at radius 3 is 1.10 bits per heavy atom. The third kappa shape index (κ3) is 53.6. The van der Waals surface area contributed by atoms with Gasteiger partial charge in [0, 0.05) is 6.42 Å². The minimum Gasteiger partial charge on any atom is -0.394 e. The van der Waals surface area contributed by atoms with Gasteiger partial charge in [-0.2, -0.15) is 0 Å². The van der Waals surface area contributed by atoms with Gasteiger partial charge in [-0.3, -0.25) is 4.79 Å². The smallest absolute Gasteiger partial charge is 0.220 e.